The maximum Gasteiger partial charge on any atom is 0.323 e. The Morgan fingerprint density at radius 1 is 1.20 bits per heavy atom. The van der Waals surface area contributed by atoms with Gasteiger partial charge in [0, 0.05) is 23.1 Å². The van der Waals surface area contributed by atoms with Crippen molar-refractivity contribution in [1.82, 2.24) is 20.7 Å². The predicted molar refractivity (Wildman–Crippen MR) is 101 cm³/mol. The molecule has 5 rings (SSSR count). The predicted octanol–water partition coefficient (Wildman–Crippen LogP) is 1.55. The third kappa shape index (κ3) is 2.86. The van der Waals surface area contributed by atoms with E-state index < -0.39 is 29.2 Å². The summed E-state index contributed by atoms with van der Waals surface area (Å²) in [5, 5.41) is 9.20. The number of halogens is 1. The van der Waals surface area contributed by atoms with Crippen LogP contribution in [-0.4, -0.2) is 40.0 Å². The van der Waals surface area contributed by atoms with Crippen LogP contribution in [-0.2, 0) is 11.3 Å². The lowest BCUT2D eigenvalue weighted by Gasteiger charge is -2.26. The maximum absolute atomic E-state index is 13.5. The SMILES string of the molecule is O=C1NC(=O)[C@@](C#Cc2ccc3cnoc3c2)(CN2Cc3ccc(F)cc3C2=O)N1. The molecule has 1 atom stereocenters. The second kappa shape index (κ2) is 6.42. The number of aromatic nitrogens is 1. The number of amides is 4. The highest BCUT2D eigenvalue weighted by atomic mass is 19.1. The standard InChI is InChI=1S/C21H13FN4O4/c22-15-4-3-14-10-26(18(27)16(14)8-15)11-21(19(28)24-20(29)25-21)6-5-12-1-2-13-9-23-30-17(13)7-12/h1-4,7-9H,10-11H2,(H2,24,25,28,29)/t21-/m1/s1. The molecule has 2 aliphatic rings. The van der Waals surface area contributed by atoms with E-state index in [0.717, 1.165) is 11.5 Å². The monoisotopic (exact) mass is 404 g/mol. The van der Waals surface area contributed by atoms with Gasteiger partial charge in [-0.2, -0.15) is 0 Å². The molecule has 0 saturated carbocycles. The van der Waals surface area contributed by atoms with Crippen LogP contribution in [0.3, 0.4) is 0 Å². The molecule has 8 nitrogen and oxygen atoms in total. The van der Waals surface area contributed by atoms with Gasteiger partial charge in [0.1, 0.15) is 5.82 Å². The average molecular weight is 404 g/mol. The molecule has 2 N–H and O–H groups in total. The number of urea groups is 1. The first-order valence-electron chi connectivity index (χ1n) is 9.02. The maximum atomic E-state index is 13.5. The van der Waals surface area contributed by atoms with E-state index in [0.29, 0.717) is 16.7 Å². The molecule has 0 spiro atoms. The first-order chi connectivity index (χ1) is 14.4. The van der Waals surface area contributed by atoms with Gasteiger partial charge in [-0.05, 0) is 35.9 Å². The fourth-order valence-electron chi connectivity index (χ4n) is 3.59. The molecule has 0 aliphatic carbocycles. The number of nitrogens with one attached hydrogen (secondary N) is 2. The molecule has 0 radical (unpaired) electrons. The number of imide groups is 1. The number of carbonyl (C=O) groups is 3. The Hall–Kier alpha value is -4.19. The van der Waals surface area contributed by atoms with Gasteiger partial charge in [-0.15, -0.1) is 0 Å². The van der Waals surface area contributed by atoms with Crippen LogP contribution in [0.1, 0.15) is 21.5 Å². The molecule has 148 valence electrons. The van der Waals surface area contributed by atoms with Crippen LogP contribution < -0.4 is 10.6 Å². The van der Waals surface area contributed by atoms with Crippen LogP contribution >= 0.6 is 0 Å². The summed E-state index contributed by atoms with van der Waals surface area (Å²) in [6.07, 6.45) is 1.57. The van der Waals surface area contributed by atoms with E-state index in [1.165, 1.54) is 17.0 Å². The third-order valence-electron chi connectivity index (χ3n) is 5.10. The van der Waals surface area contributed by atoms with Gasteiger partial charge in [-0.1, -0.05) is 23.1 Å². The van der Waals surface area contributed by atoms with Gasteiger partial charge in [0.15, 0.2) is 5.58 Å². The largest absolute Gasteiger partial charge is 0.356 e. The van der Waals surface area contributed by atoms with Crippen molar-refractivity contribution < 1.29 is 23.3 Å². The highest BCUT2D eigenvalue weighted by Gasteiger charge is 2.48. The van der Waals surface area contributed by atoms with Gasteiger partial charge in [0.25, 0.3) is 11.8 Å². The molecule has 9 heteroatoms. The van der Waals surface area contributed by atoms with Crippen LogP contribution in [0.5, 0.6) is 0 Å². The Morgan fingerprint density at radius 3 is 2.87 bits per heavy atom. The summed E-state index contributed by atoms with van der Waals surface area (Å²) >= 11 is 0. The van der Waals surface area contributed by atoms with Crippen molar-refractivity contribution in [1.29, 1.82) is 0 Å². The van der Waals surface area contributed by atoms with E-state index >= 15 is 0 Å². The summed E-state index contributed by atoms with van der Waals surface area (Å²) in [4.78, 5) is 38.5. The van der Waals surface area contributed by atoms with E-state index in [1.807, 2.05) is 0 Å². The average Bonchev–Trinajstić information content (AvgIpc) is 3.38. The Balaban J connectivity index is 1.48. The van der Waals surface area contributed by atoms with Crippen molar-refractivity contribution in [2.75, 3.05) is 6.54 Å². The van der Waals surface area contributed by atoms with Crippen LogP contribution in [0.25, 0.3) is 11.0 Å². The topological polar surface area (TPSA) is 105 Å². The fourth-order valence-corrected chi connectivity index (χ4v) is 3.59. The number of hydrogen-bond acceptors (Lipinski definition) is 5. The first kappa shape index (κ1) is 17.9. The minimum absolute atomic E-state index is 0.183. The van der Waals surface area contributed by atoms with E-state index in [-0.39, 0.29) is 18.7 Å². The van der Waals surface area contributed by atoms with Crippen molar-refractivity contribution >= 4 is 28.8 Å². The molecule has 30 heavy (non-hydrogen) atoms. The molecule has 4 amide bonds. The van der Waals surface area contributed by atoms with Gasteiger partial charge < -0.3 is 14.7 Å². The Labute approximate surface area is 169 Å². The highest BCUT2D eigenvalue weighted by molar-refractivity contribution is 6.10. The number of fused-ring (bicyclic) bond motifs is 2. The normalized spacial score (nSPS) is 20.0. The van der Waals surface area contributed by atoms with Gasteiger partial charge in [0.05, 0.1) is 12.7 Å². The molecule has 2 aliphatic heterocycles. The van der Waals surface area contributed by atoms with Crippen LogP contribution in [0, 0.1) is 17.7 Å². The zero-order valence-electron chi connectivity index (χ0n) is 15.4. The summed E-state index contributed by atoms with van der Waals surface area (Å²) < 4.78 is 18.6. The number of carbonyl (C=O) groups excluding carboxylic acids is 3. The molecular formula is C21H13FN4O4. The molecule has 3 heterocycles. The summed E-state index contributed by atoms with van der Waals surface area (Å²) in [5.74, 6) is 4.07. The Kier molecular flexibility index (Phi) is 3.83. The quantitative estimate of drug-likeness (QED) is 0.498. The minimum Gasteiger partial charge on any atom is -0.356 e. The summed E-state index contributed by atoms with van der Waals surface area (Å²) in [6, 6.07) is 8.43. The van der Waals surface area contributed by atoms with Gasteiger partial charge in [-0.3, -0.25) is 14.9 Å². The van der Waals surface area contributed by atoms with Crippen molar-refractivity contribution in [3.8, 4) is 11.8 Å². The molecule has 1 aromatic heterocycles. The molecule has 0 unspecified atom stereocenters. The fraction of sp³-hybridized carbons (Fsp3) is 0.143. The van der Waals surface area contributed by atoms with Crippen molar-refractivity contribution in [3.05, 3.63) is 65.1 Å². The van der Waals surface area contributed by atoms with E-state index in [2.05, 4.69) is 27.6 Å². The zero-order valence-corrected chi connectivity index (χ0v) is 15.4. The number of benzene rings is 2. The van der Waals surface area contributed by atoms with Crippen molar-refractivity contribution in [2.24, 2.45) is 0 Å². The lowest BCUT2D eigenvalue weighted by Crippen LogP contribution is -2.54. The van der Waals surface area contributed by atoms with Gasteiger partial charge in [-0.25, -0.2) is 9.18 Å². The molecule has 1 saturated heterocycles. The second-order valence-electron chi connectivity index (χ2n) is 7.10. The smallest absolute Gasteiger partial charge is 0.323 e. The van der Waals surface area contributed by atoms with Gasteiger partial charge >= 0.3 is 6.03 Å². The van der Waals surface area contributed by atoms with Crippen molar-refractivity contribution in [2.45, 2.75) is 12.1 Å². The van der Waals surface area contributed by atoms with Gasteiger partial charge in [0.2, 0.25) is 5.54 Å². The van der Waals surface area contributed by atoms with Crippen LogP contribution in [0.4, 0.5) is 9.18 Å². The first-order valence-corrected chi connectivity index (χ1v) is 9.02. The number of nitrogens with zero attached hydrogens (tertiary/aromatic N) is 2. The highest BCUT2D eigenvalue weighted by Crippen LogP contribution is 2.26. The lowest BCUT2D eigenvalue weighted by atomic mass is 9.99. The molecule has 2 aromatic carbocycles. The summed E-state index contributed by atoms with van der Waals surface area (Å²) in [5.41, 5.74) is 0.321. The third-order valence-corrected chi connectivity index (χ3v) is 5.10. The Morgan fingerprint density at radius 2 is 2.07 bits per heavy atom. The van der Waals surface area contributed by atoms with Crippen molar-refractivity contribution in [3.63, 3.8) is 0 Å². The molecule has 1 fully saturated rings. The number of rotatable bonds is 2. The molecule has 3 aromatic rings. The van der Waals surface area contributed by atoms with Crippen LogP contribution in [0.2, 0.25) is 0 Å². The molecule has 0 bridgehead atoms. The zero-order chi connectivity index (χ0) is 20.9. The summed E-state index contributed by atoms with van der Waals surface area (Å²) in [6.45, 7) is 0.00229. The van der Waals surface area contributed by atoms with Crippen LogP contribution in [0.15, 0.2) is 47.1 Å². The van der Waals surface area contributed by atoms with E-state index in [4.69, 9.17) is 4.52 Å². The van der Waals surface area contributed by atoms with E-state index in [1.54, 1.807) is 24.4 Å². The number of hydrogen-bond donors (Lipinski definition) is 2. The van der Waals surface area contributed by atoms with E-state index in [9.17, 15) is 18.8 Å². The Bertz CT molecular complexity index is 1310. The molecular weight excluding hydrogens is 391 g/mol. The second-order valence-corrected chi connectivity index (χ2v) is 7.10. The lowest BCUT2D eigenvalue weighted by molar-refractivity contribution is -0.122. The summed E-state index contributed by atoms with van der Waals surface area (Å²) in [7, 11) is 0. The minimum atomic E-state index is -1.64.